The maximum Gasteiger partial charge on any atom is 0.0325 e. The van der Waals surface area contributed by atoms with Crippen LogP contribution in [0.5, 0.6) is 0 Å². The van der Waals surface area contributed by atoms with Gasteiger partial charge in [0.1, 0.15) is 0 Å². The van der Waals surface area contributed by atoms with Gasteiger partial charge in [-0.05, 0) is 44.1 Å². The van der Waals surface area contributed by atoms with Crippen LogP contribution in [0.25, 0.3) is 0 Å². The molecule has 0 aromatic heterocycles. The Labute approximate surface area is 89.3 Å². The summed E-state index contributed by atoms with van der Waals surface area (Å²) in [6.45, 7) is 2.31. The van der Waals surface area contributed by atoms with E-state index in [1.54, 1.807) is 0 Å². The number of nitrogen functional groups attached to an aromatic ring is 1. The van der Waals surface area contributed by atoms with Crippen LogP contribution in [0.15, 0.2) is 29.2 Å². The van der Waals surface area contributed by atoms with Crippen molar-refractivity contribution in [1.29, 1.82) is 0 Å². The minimum atomic E-state index is 0.762. The van der Waals surface area contributed by atoms with Crippen molar-refractivity contribution in [2.45, 2.75) is 23.0 Å². The summed E-state index contributed by atoms with van der Waals surface area (Å²) in [5.74, 6) is 0. The van der Waals surface area contributed by atoms with E-state index in [1.165, 1.54) is 17.7 Å². The van der Waals surface area contributed by atoms with Crippen LogP contribution in [0.4, 0.5) is 5.69 Å². The van der Waals surface area contributed by atoms with E-state index in [2.05, 4.69) is 17.4 Å². The first-order valence-electron chi connectivity index (χ1n) is 5.07. The number of hydrogen-bond acceptors (Lipinski definition) is 3. The van der Waals surface area contributed by atoms with Gasteiger partial charge < -0.3 is 11.1 Å². The van der Waals surface area contributed by atoms with Crippen molar-refractivity contribution in [3.05, 3.63) is 24.3 Å². The van der Waals surface area contributed by atoms with Gasteiger partial charge in [0.05, 0.1) is 0 Å². The molecule has 3 N–H and O–H groups in total. The number of piperidine rings is 1. The number of nitrogens with one attached hydrogen (secondary N) is 1. The highest BCUT2D eigenvalue weighted by molar-refractivity contribution is 8.00. The highest BCUT2D eigenvalue weighted by Crippen LogP contribution is 2.29. The molecule has 0 amide bonds. The van der Waals surface area contributed by atoms with Gasteiger partial charge in [-0.3, -0.25) is 0 Å². The van der Waals surface area contributed by atoms with Crippen LogP contribution in [-0.2, 0) is 0 Å². The molecule has 0 unspecified atom stereocenters. The molecule has 1 aliphatic rings. The Morgan fingerprint density at radius 1 is 1.29 bits per heavy atom. The minimum absolute atomic E-state index is 0.762. The SMILES string of the molecule is Nc1cccc(SC2CCNCC2)c1. The van der Waals surface area contributed by atoms with Crippen LogP contribution < -0.4 is 11.1 Å². The predicted molar refractivity (Wildman–Crippen MR) is 62.6 cm³/mol. The normalized spacial score (nSPS) is 18.3. The summed E-state index contributed by atoms with van der Waals surface area (Å²) < 4.78 is 0. The number of rotatable bonds is 2. The van der Waals surface area contributed by atoms with E-state index in [0.717, 1.165) is 24.0 Å². The molecule has 2 rings (SSSR count). The number of anilines is 1. The quantitative estimate of drug-likeness (QED) is 0.731. The van der Waals surface area contributed by atoms with Gasteiger partial charge in [0, 0.05) is 15.8 Å². The lowest BCUT2D eigenvalue weighted by Gasteiger charge is -2.21. The summed E-state index contributed by atoms with van der Waals surface area (Å²) in [4.78, 5) is 1.30. The van der Waals surface area contributed by atoms with Gasteiger partial charge in [-0.15, -0.1) is 11.8 Å². The first-order valence-corrected chi connectivity index (χ1v) is 5.95. The molecule has 0 aliphatic carbocycles. The third kappa shape index (κ3) is 2.66. The third-order valence-corrected chi connectivity index (χ3v) is 3.78. The zero-order valence-electron chi connectivity index (χ0n) is 8.20. The topological polar surface area (TPSA) is 38.0 Å². The molecule has 0 atom stereocenters. The van der Waals surface area contributed by atoms with E-state index < -0.39 is 0 Å². The Balaban J connectivity index is 1.95. The van der Waals surface area contributed by atoms with Crippen molar-refractivity contribution in [2.24, 2.45) is 0 Å². The number of benzene rings is 1. The first kappa shape index (κ1) is 9.87. The van der Waals surface area contributed by atoms with Crippen molar-refractivity contribution in [1.82, 2.24) is 5.32 Å². The molecule has 1 saturated heterocycles. The summed E-state index contributed by atoms with van der Waals surface area (Å²) in [7, 11) is 0. The summed E-state index contributed by atoms with van der Waals surface area (Å²) in [5, 5.41) is 4.14. The largest absolute Gasteiger partial charge is 0.399 e. The second kappa shape index (κ2) is 4.71. The standard InChI is InChI=1S/C11H16N2S/c12-9-2-1-3-11(8-9)14-10-4-6-13-7-5-10/h1-3,8,10,13H,4-7,12H2. The van der Waals surface area contributed by atoms with Gasteiger partial charge in [-0.2, -0.15) is 0 Å². The van der Waals surface area contributed by atoms with Crippen LogP contribution in [-0.4, -0.2) is 18.3 Å². The molecular formula is C11H16N2S. The number of hydrogen-bond donors (Lipinski definition) is 2. The molecular weight excluding hydrogens is 192 g/mol. The fraction of sp³-hybridized carbons (Fsp3) is 0.455. The second-order valence-electron chi connectivity index (χ2n) is 3.64. The molecule has 1 aromatic carbocycles. The minimum Gasteiger partial charge on any atom is -0.399 e. The van der Waals surface area contributed by atoms with Crippen molar-refractivity contribution in [2.75, 3.05) is 18.8 Å². The van der Waals surface area contributed by atoms with Crippen LogP contribution in [0.1, 0.15) is 12.8 Å². The fourth-order valence-electron chi connectivity index (χ4n) is 1.69. The molecule has 14 heavy (non-hydrogen) atoms. The molecule has 76 valence electrons. The molecule has 1 aromatic rings. The van der Waals surface area contributed by atoms with E-state index in [-0.39, 0.29) is 0 Å². The molecule has 0 saturated carbocycles. The zero-order chi connectivity index (χ0) is 9.80. The van der Waals surface area contributed by atoms with Crippen LogP contribution in [0, 0.1) is 0 Å². The maximum atomic E-state index is 5.74. The van der Waals surface area contributed by atoms with Crippen molar-refractivity contribution >= 4 is 17.4 Å². The highest BCUT2D eigenvalue weighted by Gasteiger charge is 2.13. The van der Waals surface area contributed by atoms with Gasteiger partial charge in [0.2, 0.25) is 0 Å². The summed E-state index contributed by atoms with van der Waals surface area (Å²) >= 11 is 1.96. The van der Waals surface area contributed by atoms with Crippen LogP contribution >= 0.6 is 11.8 Å². The average Bonchev–Trinajstić information content (AvgIpc) is 2.19. The zero-order valence-corrected chi connectivity index (χ0v) is 9.02. The van der Waals surface area contributed by atoms with E-state index >= 15 is 0 Å². The lowest BCUT2D eigenvalue weighted by Crippen LogP contribution is -2.29. The number of thioether (sulfide) groups is 1. The monoisotopic (exact) mass is 208 g/mol. The van der Waals surface area contributed by atoms with Gasteiger partial charge in [0.15, 0.2) is 0 Å². The van der Waals surface area contributed by atoms with E-state index in [1.807, 2.05) is 23.9 Å². The highest BCUT2D eigenvalue weighted by atomic mass is 32.2. The maximum absolute atomic E-state index is 5.74. The van der Waals surface area contributed by atoms with Crippen LogP contribution in [0.3, 0.4) is 0 Å². The summed E-state index contributed by atoms with van der Waals surface area (Å²) in [5.41, 5.74) is 6.60. The average molecular weight is 208 g/mol. The Kier molecular flexibility index (Phi) is 3.32. The van der Waals surface area contributed by atoms with E-state index in [9.17, 15) is 0 Å². The molecule has 0 bridgehead atoms. The first-order chi connectivity index (χ1) is 6.84. The van der Waals surface area contributed by atoms with Gasteiger partial charge in [0.25, 0.3) is 0 Å². The molecule has 1 fully saturated rings. The third-order valence-electron chi connectivity index (χ3n) is 2.45. The number of nitrogens with two attached hydrogens (primary N) is 1. The van der Waals surface area contributed by atoms with Crippen molar-refractivity contribution in [3.63, 3.8) is 0 Å². The molecule has 0 spiro atoms. The summed E-state index contributed by atoms with van der Waals surface area (Å²) in [6.07, 6.45) is 2.53. The Bertz CT molecular complexity index is 295. The second-order valence-corrected chi connectivity index (χ2v) is 5.01. The Morgan fingerprint density at radius 2 is 2.07 bits per heavy atom. The molecule has 3 heteroatoms. The van der Waals surface area contributed by atoms with Crippen molar-refractivity contribution < 1.29 is 0 Å². The van der Waals surface area contributed by atoms with Crippen LogP contribution in [0.2, 0.25) is 0 Å². The smallest absolute Gasteiger partial charge is 0.0325 e. The molecule has 1 heterocycles. The molecule has 2 nitrogen and oxygen atoms in total. The van der Waals surface area contributed by atoms with Crippen molar-refractivity contribution in [3.8, 4) is 0 Å². The molecule has 0 radical (unpaired) electrons. The van der Waals surface area contributed by atoms with Gasteiger partial charge in [-0.25, -0.2) is 0 Å². The van der Waals surface area contributed by atoms with E-state index in [0.29, 0.717) is 0 Å². The Morgan fingerprint density at radius 3 is 2.79 bits per heavy atom. The summed E-state index contributed by atoms with van der Waals surface area (Å²) in [6, 6.07) is 8.17. The lowest BCUT2D eigenvalue weighted by molar-refractivity contribution is 0.531. The Hall–Kier alpha value is -0.670. The lowest BCUT2D eigenvalue weighted by atomic mass is 10.2. The van der Waals surface area contributed by atoms with Gasteiger partial charge >= 0.3 is 0 Å². The molecule has 1 aliphatic heterocycles. The predicted octanol–water partition coefficient (Wildman–Crippen LogP) is 2.11. The van der Waals surface area contributed by atoms with Gasteiger partial charge in [-0.1, -0.05) is 6.07 Å². The van der Waals surface area contributed by atoms with E-state index in [4.69, 9.17) is 5.73 Å². The fourth-order valence-corrected chi connectivity index (χ4v) is 2.91.